The van der Waals surface area contributed by atoms with Crippen LogP contribution in [0.5, 0.6) is 5.75 Å². The van der Waals surface area contributed by atoms with Crippen LogP contribution in [0.2, 0.25) is 5.02 Å². The van der Waals surface area contributed by atoms with Crippen molar-refractivity contribution < 1.29 is 18.7 Å². The first kappa shape index (κ1) is 19.7. The third-order valence-electron chi connectivity index (χ3n) is 3.01. The fourth-order valence-electron chi connectivity index (χ4n) is 1.92. The molecule has 1 aromatic rings. The number of halogens is 2. The molecule has 1 unspecified atom stereocenters. The Morgan fingerprint density at radius 1 is 1.38 bits per heavy atom. The van der Waals surface area contributed by atoms with Crippen LogP contribution in [-0.4, -0.2) is 42.5 Å². The van der Waals surface area contributed by atoms with E-state index in [0.29, 0.717) is 13.1 Å². The minimum Gasteiger partial charge on any atom is -0.482 e. The lowest BCUT2D eigenvalue weighted by atomic mass is 10.2. The van der Waals surface area contributed by atoms with Gasteiger partial charge >= 0.3 is 0 Å². The van der Waals surface area contributed by atoms with Crippen LogP contribution in [0, 0.1) is 5.82 Å². The number of hydrogen-bond donors (Lipinski definition) is 1. The van der Waals surface area contributed by atoms with Crippen LogP contribution in [0.25, 0.3) is 0 Å². The van der Waals surface area contributed by atoms with Gasteiger partial charge in [0.05, 0.1) is 5.02 Å². The molecule has 24 heavy (non-hydrogen) atoms. The Labute approximate surface area is 145 Å². The molecule has 1 aromatic carbocycles. The van der Waals surface area contributed by atoms with Crippen LogP contribution in [0.15, 0.2) is 43.5 Å². The van der Waals surface area contributed by atoms with Crippen molar-refractivity contribution in [2.24, 2.45) is 0 Å². The number of carbonyl (C=O) groups is 2. The second-order valence-corrected chi connectivity index (χ2v) is 5.38. The van der Waals surface area contributed by atoms with Crippen LogP contribution >= 0.6 is 11.6 Å². The molecule has 0 aromatic heterocycles. The lowest BCUT2D eigenvalue weighted by molar-refractivity contribution is -0.135. The van der Waals surface area contributed by atoms with E-state index in [-0.39, 0.29) is 23.3 Å². The first-order valence-electron chi connectivity index (χ1n) is 7.26. The van der Waals surface area contributed by atoms with E-state index in [1.165, 1.54) is 17.0 Å². The molecule has 1 N–H and O–H groups in total. The molecule has 1 rings (SSSR count). The number of nitrogens with one attached hydrogen (secondary N) is 1. The zero-order valence-electron chi connectivity index (χ0n) is 13.4. The maximum absolute atomic E-state index is 12.9. The highest BCUT2D eigenvalue weighted by molar-refractivity contribution is 6.32. The predicted molar refractivity (Wildman–Crippen MR) is 91.5 cm³/mol. The Morgan fingerprint density at radius 2 is 2.00 bits per heavy atom. The summed E-state index contributed by atoms with van der Waals surface area (Å²) in [5, 5.41) is 2.60. The Hall–Kier alpha value is -2.34. The van der Waals surface area contributed by atoms with E-state index in [4.69, 9.17) is 16.3 Å². The van der Waals surface area contributed by atoms with Crippen molar-refractivity contribution in [1.82, 2.24) is 10.2 Å². The van der Waals surface area contributed by atoms with Gasteiger partial charge in [0.2, 0.25) is 5.91 Å². The topological polar surface area (TPSA) is 58.6 Å². The van der Waals surface area contributed by atoms with Gasteiger partial charge in [-0.3, -0.25) is 9.59 Å². The predicted octanol–water partition coefficient (Wildman–Crippen LogP) is 2.56. The van der Waals surface area contributed by atoms with Crippen molar-refractivity contribution in [2.45, 2.75) is 13.0 Å². The molecule has 0 aliphatic heterocycles. The standard InChI is InChI=1S/C17H20ClFN2O3/c1-4-8-21(9-5-2)17(23)12(3)20-16(22)11-24-15-7-6-13(19)10-14(15)18/h4-7,10,12H,1-2,8-9,11H2,3H3,(H,20,22). The number of hydrogen-bond acceptors (Lipinski definition) is 3. The number of nitrogens with zero attached hydrogens (tertiary/aromatic N) is 1. The third-order valence-corrected chi connectivity index (χ3v) is 3.31. The normalized spacial score (nSPS) is 11.3. The smallest absolute Gasteiger partial charge is 0.258 e. The van der Waals surface area contributed by atoms with Crippen molar-refractivity contribution >= 4 is 23.4 Å². The first-order chi connectivity index (χ1) is 11.4. The van der Waals surface area contributed by atoms with Crippen molar-refractivity contribution in [2.75, 3.05) is 19.7 Å². The Kier molecular flexibility index (Phi) is 7.98. The fourth-order valence-corrected chi connectivity index (χ4v) is 2.14. The van der Waals surface area contributed by atoms with Gasteiger partial charge in [-0.15, -0.1) is 13.2 Å². The second-order valence-electron chi connectivity index (χ2n) is 4.97. The number of amides is 2. The zero-order valence-corrected chi connectivity index (χ0v) is 14.2. The van der Waals surface area contributed by atoms with Crippen LogP contribution in [0.1, 0.15) is 6.92 Å². The molecule has 1 atom stereocenters. The molecule has 2 amide bonds. The molecule has 0 aliphatic carbocycles. The van der Waals surface area contributed by atoms with Gasteiger partial charge < -0.3 is 15.0 Å². The first-order valence-corrected chi connectivity index (χ1v) is 7.64. The molecule has 5 nitrogen and oxygen atoms in total. The van der Waals surface area contributed by atoms with Gasteiger partial charge in [-0.05, 0) is 25.1 Å². The van der Waals surface area contributed by atoms with Gasteiger partial charge in [-0.25, -0.2) is 4.39 Å². The SMILES string of the molecule is C=CCN(CC=C)C(=O)C(C)NC(=O)COc1ccc(F)cc1Cl. The summed E-state index contributed by atoms with van der Waals surface area (Å²) in [6.07, 6.45) is 3.19. The quantitative estimate of drug-likeness (QED) is 0.693. The van der Waals surface area contributed by atoms with Crippen molar-refractivity contribution in [3.63, 3.8) is 0 Å². The molecule has 0 heterocycles. The highest BCUT2D eigenvalue weighted by Gasteiger charge is 2.20. The van der Waals surface area contributed by atoms with Gasteiger partial charge in [0.25, 0.3) is 5.91 Å². The molecule has 0 aliphatic rings. The summed E-state index contributed by atoms with van der Waals surface area (Å²) in [5.74, 6) is -1.07. The summed E-state index contributed by atoms with van der Waals surface area (Å²) in [5.41, 5.74) is 0. The zero-order chi connectivity index (χ0) is 18.1. The molecule has 0 bridgehead atoms. The summed E-state index contributed by atoms with van der Waals surface area (Å²) < 4.78 is 18.2. The number of benzene rings is 1. The number of ether oxygens (including phenoxy) is 1. The molecule has 0 saturated carbocycles. The summed E-state index contributed by atoms with van der Waals surface area (Å²) in [7, 11) is 0. The van der Waals surface area contributed by atoms with E-state index in [9.17, 15) is 14.0 Å². The summed E-state index contributed by atoms with van der Waals surface area (Å²) in [6, 6.07) is 2.86. The van der Waals surface area contributed by atoms with Gasteiger partial charge in [0.15, 0.2) is 6.61 Å². The monoisotopic (exact) mass is 354 g/mol. The Balaban J connectivity index is 2.55. The average molecular weight is 355 g/mol. The lowest BCUT2D eigenvalue weighted by Crippen LogP contribution is -2.48. The molecule has 0 saturated heterocycles. The van der Waals surface area contributed by atoms with Gasteiger partial charge in [0.1, 0.15) is 17.6 Å². The van der Waals surface area contributed by atoms with Gasteiger partial charge in [0, 0.05) is 13.1 Å². The molecule has 7 heteroatoms. The van der Waals surface area contributed by atoms with Crippen LogP contribution in [0.3, 0.4) is 0 Å². The molecular weight excluding hydrogens is 335 g/mol. The highest BCUT2D eigenvalue weighted by atomic mass is 35.5. The molecule has 0 spiro atoms. The van der Waals surface area contributed by atoms with Crippen LogP contribution < -0.4 is 10.1 Å². The average Bonchev–Trinajstić information content (AvgIpc) is 2.53. The third kappa shape index (κ3) is 6.04. The van der Waals surface area contributed by atoms with Crippen molar-refractivity contribution in [1.29, 1.82) is 0 Å². The maximum Gasteiger partial charge on any atom is 0.258 e. The number of carbonyl (C=O) groups excluding carboxylic acids is 2. The lowest BCUT2D eigenvalue weighted by Gasteiger charge is -2.23. The van der Waals surface area contributed by atoms with E-state index in [2.05, 4.69) is 18.5 Å². The molecule has 0 fully saturated rings. The second kappa shape index (κ2) is 9.72. The largest absolute Gasteiger partial charge is 0.482 e. The molecule has 0 radical (unpaired) electrons. The van der Waals surface area contributed by atoms with E-state index < -0.39 is 17.8 Å². The minimum atomic E-state index is -0.732. The maximum atomic E-state index is 12.9. The van der Waals surface area contributed by atoms with Crippen molar-refractivity contribution in [3.05, 3.63) is 54.3 Å². The van der Waals surface area contributed by atoms with Gasteiger partial charge in [-0.1, -0.05) is 23.8 Å². The van der Waals surface area contributed by atoms with Crippen LogP contribution in [0.4, 0.5) is 4.39 Å². The Morgan fingerprint density at radius 3 is 2.54 bits per heavy atom. The van der Waals surface area contributed by atoms with E-state index >= 15 is 0 Å². The van der Waals surface area contributed by atoms with E-state index in [1.54, 1.807) is 19.1 Å². The fraction of sp³-hybridized carbons (Fsp3) is 0.294. The van der Waals surface area contributed by atoms with E-state index in [0.717, 1.165) is 6.07 Å². The number of rotatable bonds is 9. The summed E-state index contributed by atoms with van der Waals surface area (Å²) in [6.45, 7) is 9.12. The van der Waals surface area contributed by atoms with Crippen molar-refractivity contribution in [3.8, 4) is 5.75 Å². The summed E-state index contributed by atoms with van der Waals surface area (Å²) >= 11 is 5.80. The highest BCUT2D eigenvalue weighted by Crippen LogP contribution is 2.24. The molecular formula is C17H20ClFN2O3. The summed E-state index contributed by atoms with van der Waals surface area (Å²) in [4.78, 5) is 25.6. The molecule has 130 valence electrons. The Bertz CT molecular complexity index is 612. The van der Waals surface area contributed by atoms with E-state index in [1.807, 2.05) is 0 Å². The van der Waals surface area contributed by atoms with Crippen LogP contribution in [-0.2, 0) is 9.59 Å². The minimum absolute atomic E-state index is 0.0649. The van der Waals surface area contributed by atoms with Gasteiger partial charge in [-0.2, -0.15) is 0 Å².